The van der Waals surface area contributed by atoms with Gasteiger partial charge in [-0.15, -0.1) is 4.36 Å². The number of nitrogens with two attached hydrogens (primary N) is 2. The Bertz CT molecular complexity index is 667. The van der Waals surface area contributed by atoms with Crippen molar-refractivity contribution in [2.75, 3.05) is 6.79 Å². The van der Waals surface area contributed by atoms with Crippen LogP contribution in [-0.2, 0) is 14.7 Å². The highest BCUT2D eigenvalue weighted by Gasteiger charge is 2.22. The van der Waals surface area contributed by atoms with E-state index < -0.39 is 21.9 Å². The van der Waals surface area contributed by atoms with Crippen LogP contribution in [0.3, 0.4) is 0 Å². The maximum Gasteiger partial charge on any atom is 0.272 e. The Kier molecular flexibility index (Phi) is 4.50. The molecular weight excluding hydrogens is 294 g/mol. The van der Waals surface area contributed by atoms with Gasteiger partial charge in [0.25, 0.3) is 5.91 Å². The molecule has 21 heavy (non-hydrogen) atoms. The van der Waals surface area contributed by atoms with Gasteiger partial charge in [-0.25, -0.2) is 9.35 Å². The van der Waals surface area contributed by atoms with Gasteiger partial charge in [0.2, 0.25) is 6.79 Å². The fourth-order valence-electron chi connectivity index (χ4n) is 1.80. The monoisotopic (exact) mass is 313 g/mol. The maximum atomic E-state index is 12.5. The van der Waals surface area contributed by atoms with Gasteiger partial charge in [-0.1, -0.05) is 20.3 Å². The molecule has 7 nitrogen and oxygen atoms in total. The van der Waals surface area contributed by atoms with Gasteiger partial charge in [-0.05, 0) is 18.1 Å². The third-order valence-electron chi connectivity index (χ3n) is 3.45. The summed E-state index contributed by atoms with van der Waals surface area (Å²) in [5.41, 5.74) is 5.78. The van der Waals surface area contributed by atoms with Gasteiger partial charge in [-0.2, -0.15) is 0 Å². The zero-order chi connectivity index (χ0) is 15.6. The lowest BCUT2D eigenvalue weighted by Gasteiger charge is -2.14. The minimum absolute atomic E-state index is 0.0618. The van der Waals surface area contributed by atoms with Crippen molar-refractivity contribution in [3.8, 4) is 11.5 Å². The number of carbonyl (C=O) groups excluding carboxylic acids is 1. The van der Waals surface area contributed by atoms with E-state index in [-0.39, 0.29) is 17.6 Å². The molecule has 1 heterocycles. The van der Waals surface area contributed by atoms with Gasteiger partial charge < -0.3 is 15.2 Å². The second-order valence-electron chi connectivity index (χ2n) is 4.92. The highest BCUT2D eigenvalue weighted by molar-refractivity contribution is 7.91. The number of hydrogen-bond donors (Lipinski definition) is 2. The molecule has 0 bridgehead atoms. The molecule has 3 atom stereocenters. The van der Waals surface area contributed by atoms with Crippen molar-refractivity contribution in [1.82, 2.24) is 0 Å². The SMILES string of the molecule is CC[C@H](C)[C@H](N)C(=O)N=S(N)(=O)c1ccc2c(c1)OCO2. The molecule has 4 N–H and O–H groups in total. The van der Waals surface area contributed by atoms with Crippen molar-refractivity contribution in [2.45, 2.75) is 31.2 Å². The van der Waals surface area contributed by atoms with Crippen LogP contribution in [0.1, 0.15) is 20.3 Å². The third kappa shape index (κ3) is 3.34. The van der Waals surface area contributed by atoms with Crippen molar-refractivity contribution in [1.29, 1.82) is 0 Å². The molecule has 1 aromatic rings. The smallest absolute Gasteiger partial charge is 0.272 e. The van der Waals surface area contributed by atoms with Gasteiger partial charge in [-0.3, -0.25) is 4.79 Å². The largest absolute Gasteiger partial charge is 0.454 e. The van der Waals surface area contributed by atoms with Crippen LogP contribution in [0.25, 0.3) is 0 Å². The molecule has 1 unspecified atom stereocenters. The molecule has 0 spiro atoms. The van der Waals surface area contributed by atoms with Crippen LogP contribution in [0.4, 0.5) is 0 Å². The molecule has 116 valence electrons. The number of benzene rings is 1. The maximum absolute atomic E-state index is 12.5. The molecular formula is C13H19N3O4S. The average molecular weight is 313 g/mol. The lowest BCUT2D eigenvalue weighted by molar-refractivity contribution is -0.119. The first kappa shape index (κ1) is 15.7. The van der Waals surface area contributed by atoms with Crippen LogP contribution in [0.5, 0.6) is 11.5 Å². The zero-order valence-corrected chi connectivity index (χ0v) is 12.8. The van der Waals surface area contributed by atoms with Crippen LogP contribution in [0.2, 0.25) is 0 Å². The first-order valence-corrected chi connectivity index (χ1v) is 8.17. The van der Waals surface area contributed by atoms with E-state index in [0.717, 1.165) is 6.42 Å². The van der Waals surface area contributed by atoms with Crippen LogP contribution < -0.4 is 20.3 Å². The molecule has 0 saturated carbocycles. The molecule has 1 aliphatic heterocycles. The van der Waals surface area contributed by atoms with E-state index in [1.165, 1.54) is 12.1 Å². The topological polar surface area (TPSA) is 117 Å². The summed E-state index contributed by atoms with van der Waals surface area (Å²) < 4.78 is 26.4. The average Bonchev–Trinajstić information content (AvgIpc) is 2.92. The fourth-order valence-corrected chi connectivity index (χ4v) is 2.84. The van der Waals surface area contributed by atoms with Gasteiger partial charge >= 0.3 is 0 Å². The van der Waals surface area contributed by atoms with E-state index >= 15 is 0 Å². The molecule has 2 rings (SSSR count). The number of amides is 1. The number of ether oxygens (including phenoxy) is 2. The lowest BCUT2D eigenvalue weighted by atomic mass is 10.00. The Hall–Kier alpha value is -1.64. The highest BCUT2D eigenvalue weighted by atomic mass is 32.2. The second-order valence-corrected chi connectivity index (χ2v) is 6.72. The summed E-state index contributed by atoms with van der Waals surface area (Å²) in [6, 6.07) is 3.74. The molecule has 1 aromatic carbocycles. The molecule has 8 heteroatoms. The van der Waals surface area contributed by atoms with Gasteiger partial charge in [0.1, 0.15) is 9.92 Å². The first-order valence-electron chi connectivity index (χ1n) is 6.59. The molecule has 1 amide bonds. The molecule has 0 radical (unpaired) electrons. The van der Waals surface area contributed by atoms with Crippen molar-refractivity contribution >= 4 is 15.8 Å². The summed E-state index contributed by atoms with van der Waals surface area (Å²) in [5.74, 6) is 0.249. The molecule has 0 aromatic heterocycles. The Morgan fingerprint density at radius 3 is 2.76 bits per heavy atom. The molecule has 0 saturated heterocycles. The standard InChI is InChI=1S/C13H19N3O4S/c1-3-8(2)12(14)13(17)16-21(15,18)9-4-5-10-11(6-9)20-7-19-10/h4-6,8,12H,3,7,14H2,1-2H3,(H2,15,16,17,18)/t8-,12-,21?/m0/s1. The summed E-state index contributed by atoms with van der Waals surface area (Å²) in [7, 11) is -3.36. The predicted octanol–water partition coefficient (Wildman–Crippen LogP) is 1.02. The third-order valence-corrected chi connectivity index (χ3v) is 4.83. The summed E-state index contributed by atoms with van der Waals surface area (Å²) >= 11 is 0. The van der Waals surface area contributed by atoms with Gasteiger partial charge in [0.05, 0.1) is 10.9 Å². The second kappa shape index (κ2) is 6.00. The Morgan fingerprint density at radius 2 is 2.10 bits per heavy atom. The van der Waals surface area contributed by atoms with Crippen molar-refractivity contribution in [3.05, 3.63) is 18.2 Å². The number of nitrogens with zero attached hydrogens (tertiary/aromatic N) is 1. The van der Waals surface area contributed by atoms with E-state index in [1.807, 2.05) is 13.8 Å². The number of fused-ring (bicyclic) bond motifs is 1. The minimum atomic E-state index is -3.36. The van der Waals surface area contributed by atoms with E-state index in [9.17, 15) is 9.00 Å². The van der Waals surface area contributed by atoms with E-state index in [2.05, 4.69) is 4.36 Å². The summed E-state index contributed by atoms with van der Waals surface area (Å²) in [6.07, 6.45) is 0.720. The minimum Gasteiger partial charge on any atom is -0.454 e. The normalized spacial score (nSPS) is 18.7. The number of carbonyl (C=O) groups is 1. The molecule has 1 aliphatic rings. The van der Waals surface area contributed by atoms with Crippen LogP contribution in [-0.4, -0.2) is 23.0 Å². The van der Waals surface area contributed by atoms with Crippen molar-refractivity contribution < 1.29 is 18.5 Å². The number of hydrogen-bond acceptors (Lipinski definition) is 5. The van der Waals surface area contributed by atoms with E-state index in [4.69, 9.17) is 20.3 Å². The zero-order valence-electron chi connectivity index (χ0n) is 11.9. The van der Waals surface area contributed by atoms with Crippen LogP contribution in [0.15, 0.2) is 27.5 Å². The van der Waals surface area contributed by atoms with Crippen molar-refractivity contribution in [3.63, 3.8) is 0 Å². The Morgan fingerprint density at radius 1 is 1.43 bits per heavy atom. The highest BCUT2D eigenvalue weighted by Crippen LogP contribution is 2.33. The molecule has 0 aliphatic carbocycles. The van der Waals surface area contributed by atoms with Crippen LogP contribution >= 0.6 is 0 Å². The van der Waals surface area contributed by atoms with E-state index in [1.54, 1.807) is 6.07 Å². The van der Waals surface area contributed by atoms with Crippen molar-refractivity contribution in [2.24, 2.45) is 21.2 Å². The van der Waals surface area contributed by atoms with Gasteiger partial charge in [0, 0.05) is 6.07 Å². The summed E-state index contributed by atoms with van der Waals surface area (Å²) in [6.45, 7) is 3.84. The van der Waals surface area contributed by atoms with E-state index in [0.29, 0.717) is 11.5 Å². The Balaban J connectivity index is 2.31. The first-order chi connectivity index (χ1) is 9.85. The summed E-state index contributed by atoms with van der Waals surface area (Å²) in [5, 5.41) is 5.70. The van der Waals surface area contributed by atoms with Gasteiger partial charge in [0.15, 0.2) is 11.5 Å². The predicted molar refractivity (Wildman–Crippen MR) is 78.0 cm³/mol. The number of rotatable bonds is 4. The summed E-state index contributed by atoms with van der Waals surface area (Å²) in [4.78, 5) is 12.2. The molecule has 0 fully saturated rings. The Labute approximate surface area is 123 Å². The fraction of sp³-hybridized carbons (Fsp3) is 0.462. The van der Waals surface area contributed by atoms with Crippen LogP contribution in [0, 0.1) is 5.92 Å². The lowest BCUT2D eigenvalue weighted by Crippen LogP contribution is -2.36. The quantitative estimate of drug-likeness (QED) is 0.860.